The van der Waals surface area contributed by atoms with E-state index in [1.54, 1.807) is 22.7 Å². The summed E-state index contributed by atoms with van der Waals surface area (Å²) in [6, 6.07) is 21.7. The highest BCUT2D eigenvalue weighted by molar-refractivity contribution is 7.14. The van der Waals surface area contributed by atoms with Crippen molar-refractivity contribution in [1.82, 2.24) is 4.98 Å². The number of thiophene rings is 1. The SMILES string of the molecule is Cc1ccc(-c2csc(N3N=C(c4cccs4)CC3c3ccc(C)cc3)n2)cc1. The molecule has 0 bridgehead atoms. The van der Waals surface area contributed by atoms with Crippen LogP contribution in [0.5, 0.6) is 0 Å². The van der Waals surface area contributed by atoms with Crippen molar-refractivity contribution in [2.75, 3.05) is 5.01 Å². The largest absolute Gasteiger partial charge is 0.231 e. The number of benzene rings is 2. The predicted octanol–water partition coefficient (Wildman–Crippen LogP) is 6.84. The molecule has 144 valence electrons. The molecule has 4 aromatic rings. The Morgan fingerprint density at radius 3 is 2.31 bits per heavy atom. The number of anilines is 1. The Morgan fingerprint density at radius 1 is 0.897 bits per heavy atom. The van der Waals surface area contributed by atoms with Gasteiger partial charge in [-0.1, -0.05) is 65.7 Å². The van der Waals surface area contributed by atoms with E-state index in [1.807, 2.05) is 0 Å². The van der Waals surface area contributed by atoms with E-state index in [9.17, 15) is 0 Å². The number of thiazole rings is 1. The Labute approximate surface area is 179 Å². The van der Waals surface area contributed by atoms with Crippen LogP contribution in [0.1, 0.15) is 34.0 Å². The maximum absolute atomic E-state index is 5.01. The average Bonchev–Trinajstić information content (AvgIpc) is 3.48. The van der Waals surface area contributed by atoms with Crippen LogP contribution in [-0.2, 0) is 0 Å². The number of hydrogen-bond acceptors (Lipinski definition) is 5. The molecule has 0 amide bonds. The first kappa shape index (κ1) is 18.3. The van der Waals surface area contributed by atoms with Crippen LogP contribution in [0, 0.1) is 13.8 Å². The van der Waals surface area contributed by atoms with Gasteiger partial charge in [0.15, 0.2) is 0 Å². The standard InChI is InChI=1S/C24H21N3S2/c1-16-5-9-18(10-6-16)21-15-29-24(25-21)27-22(19-11-7-17(2)8-12-19)14-20(26-27)23-4-3-13-28-23/h3-13,15,22H,14H2,1-2H3. The van der Waals surface area contributed by atoms with Crippen molar-refractivity contribution >= 4 is 33.5 Å². The molecule has 1 aliphatic heterocycles. The fourth-order valence-corrected chi connectivity index (χ4v) is 5.11. The second kappa shape index (κ2) is 7.58. The molecule has 0 spiro atoms. The third-order valence-corrected chi connectivity index (χ3v) is 6.96. The second-order valence-corrected chi connectivity index (χ2v) is 9.16. The van der Waals surface area contributed by atoms with Gasteiger partial charge in [0, 0.05) is 17.4 Å². The van der Waals surface area contributed by atoms with Crippen molar-refractivity contribution in [1.29, 1.82) is 0 Å². The van der Waals surface area contributed by atoms with Gasteiger partial charge in [0.05, 0.1) is 22.3 Å². The van der Waals surface area contributed by atoms with Crippen molar-refractivity contribution in [2.24, 2.45) is 5.10 Å². The minimum atomic E-state index is 0.171. The van der Waals surface area contributed by atoms with E-state index in [4.69, 9.17) is 10.1 Å². The van der Waals surface area contributed by atoms with E-state index in [1.165, 1.54) is 21.6 Å². The van der Waals surface area contributed by atoms with Crippen LogP contribution in [0.2, 0.25) is 0 Å². The molecule has 1 atom stereocenters. The van der Waals surface area contributed by atoms with Crippen molar-refractivity contribution in [2.45, 2.75) is 26.3 Å². The molecule has 0 N–H and O–H groups in total. The lowest BCUT2D eigenvalue weighted by Gasteiger charge is -2.21. The molecule has 29 heavy (non-hydrogen) atoms. The van der Waals surface area contributed by atoms with Gasteiger partial charge in [-0.3, -0.25) is 0 Å². The number of nitrogens with zero attached hydrogens (tertiary/aromatic N) is 3. The Bertz CT molecular complexity index is 1140. The van der Waals surface area contributed by atoms with E-state index < -0.39 is 0 Å². The third-order valence-electron chi connectivity index (χ3n) is 5.21. The van der Waals surface area contributed by atoms with Crippen LogP contribution < -0.4 is 5.01 Å². The highest BCUT2D eigenvalue weighted by Crippen LogP contribution is 2.39. The average molecular weight is 416 g/mol. The van der Waals surface area contributed by atoms with E-state index in [-0.39, 0.29) is 6.04 Å². The van der Waals surface area contributed by atoms with E-state index in [0.29, 0.717) is 0 Å². The number of rotatable bonds is 4. The minimum Gasteiger partial charge on any atom is -0.231 e. The summed E-state index contributed by atoms with van der Waals surface area (Å²) < 4.78 is 0. The van der Waals surface area contributed by atoms with E-state index >= 15 is 0 Å². The second-order valence-electron chi connectivity index (χ2n) is 7.38. The fourth-order valence-electron chi connectivity index (χ4n) is 3.55. The maximum atomic E-state index is 5.01. The minimum absolute atomic E-state index is 0.171. The van der Waals surface area contributed by atoms with Gasteiger partial charge in [0.2, 0.25) is 5.13 Å². The number of aryl methyl sites for hydroxylation is 2. The van der Waals surface area contributed by atoms with Crippen LogP contribution in [-0.4, -0.2) is 10.7 Å². The van der Waals surface area contributed by atoms with Crippen molar-refractivity contribution in [3.63, 3.8) is 0 Å². The van der Waals surface area contributed by atoms with Gasteiger partial charge in [-0.15, -0.1) is 22.7 Å². The Kier molecular flexibility index (Phi) is 4.78. The Balaban J connectivity index is 1.52. The van der Waals surface area contributed by atoms with Crippen LogP contribution in [0.25, 0.3) is 11.3 Å². The highest BCUT2D eigenvalue weighted by atomic mass is 32.1. The number of aromatic nitrogens is 1. The smallest absolute Gasteiger partial charge is 0.207 e. The summed E-state index contributed by atoms with van der Waals surface area (Å²) in [5.74, 6) is 0. The van der Waals surface area contributed by atoms with E-state index in [0.717, 1.165) is 28.5 Å². The zero-order valence-corrected chi connectivity index (χ0v) is 18.0. The Hall–Kier alpha value is -2.76. The highest BCUT2D eigenvalue weighted by Gasteiger charge is 2.32. The topological polar surface area (TPSA) is 28.5 Å². The first-order chi connectivity index (χ1) is 14.2. The summed E-state index contributed by atoms with van der Waals surface area (Å²) >= 11 is 3.40. The van der Waals surface area contributed by atoms with Crippen molar-refractivity contribution in [3.8, 4) is 11.3 Å². The van der Waals surface area contributed by atoms with Gasteiger partial charge >= 0.3 is 0 Å². The maximum Gasteiger partial charge on any atom is 0.207 e. The molecule has 0 fully saturated rings. The zero-order chi connectivity index (χ0) is 19.8. The number of hydrogen-bond donors (Lipinski definition) is 0. The first-order valence-electron chi connectivity index (χ1n) is 9.67. The fraction of sp³-hybridized carbons (Fsp3) is 0.167. The van der Waals surface area contributed by atoms with Gasteiger partial charge in [0.25, 0.3) is 0 Å². The molecular formula is C24H21N3S2. The summed E-state index contributed by atoms with van der Waals surface area (Å²) in [7, 11) is 0. The molecule has 5 heteroatoms. The lowest BCUT2D eigenvalue weighted by atomic mass is 10.0. The molecular weight excluding hydrogens is 394 g/mol. The third kappa shape index (κ3) is 3.63. The molecule has 3 heterocycles. The van der Waals surface area contributed by atoms with Gasteiger partial charge in [-0.2, -0.15) is 5.10 Å². The van der Waals surface area contributed by atoms with Crippen LogP contribution in [0.4, 0.5) is 5.13 Å². The molecule has 1 unspecified atom stereocenters. The molecule has 0 saturated heterocycles. The summed E-state index contributed by atoms with van der Waals surface area (Å²) in [6.45, 7) is 4.23. The zero-order valence-electron chi connectivity index (χ0n) is 16.4. The van der Waals surface area contributed by atoms with Gasteiger partial charge in [-0.25, -0.2) is 9.99 Å². The molecule has 0 aliphatic carbocycles. The van der Waals surface area contributed by atoms with Crippen LogP contribution in [0.3, 0.4) is 0 Å². The first-order valence-corrected chi connectivity index (χ1v) is 11.4. The van der Waals surface area contributed by atoms with Gasteiger partial charge < -0.3 is 0 Å². The normalized spacial score (nSPS) is 16.3. The number of hydrazone groups is 1. The van der Waals surface area contributed by atoms with Crippen LogP contribution >= 0.6 is 22.7 Å². The summed E-state index contributed by atoms with van der Waals surface area (Å²) in [5.41, 5.74) is 7.09. The summed E-state index contributed by atoms with van der Waals surface area (Å²) in [5, 5.41) is 12.3. The molecule has 3 nitrogen and oxygen atoms in total. The Morgan fingerprint density at radius 2 is 1.62 bits per heavy atom. The molecule has 1 aliphatic rings. The summed E-state index contributed by atoms with van der Waals surface area (Å²) in [4.78, 5) is 6.18. The summed E-state index contributed by atoms with van der Waals surface area (Å²) in [6.07, 6.45) is 0.892. The monoisotopic (exact) mass is 415 g/mol. The van der Waals surface area contributed by atoms with Crippen molar-refractivity contribution < 1.29 is 0 Å². The lowest BCUT2D eigenvalue weighted by molar-refractivity contribution is 0.706. The molecule has 2 aromatic heterocycles. The quantitative estimate of drug-likeness (QED) is 0.365. The molecule has 2 aromatic carbocycles. The molecule has 0 saturated carbocycles. The van der Waals surface area contributed by atoms with Crippen molar-refractivity contribution in [3.05, 3.63) is 93.0 Å². The van der Waals surface area contributed by atoms with Gasteiger partial charge in [0.1, 0.15) is 0 Å². The molecule has 0 radical (unpaired) electrons. The predicted molar refractivity (Wildman–Crippen MR) is 124 cm³/mol. The molecule has 5 rings (SSSR count). The lowest BCUT2D eigenvalue weighted by Crippen LogP contribution is -2.18. The van der Waals surface area contributed by atoms with E-state index in [2.05, 4.69) is 90.3 Å². The van der Waals surface area contributed by atoms with Gasteiger partial charge in [-0.05, 0) is 30.9 Å². The van der Waals surface area contributed by atoms with Crippen LogP contribution in [0.15, 0.2) is 76.5 Å².